The molecule has 42 valence electrons. The standard InChI is InChI=1S/C6H3F2.Li/c7-5-2-1-3-6(8)4-5;/h1-3H;/q-1;+1. The number of hydrogen-bond donors (Lipinski definition) is 0. The van der Waals surface area contributed by atoms with Gasteiger partial charge in [-0.2, -0.15) is 6.07 Å². The Labute approximate surface area is 64.1 Å². The topological polar surface area (TPSA) is 0 Å². The Balaban J connectivity index is 0.000000640. The minimum absolute atomic E-state index is 0. The van der Waals surface area contributed by atoms with Crippen molar-refractivity contribution in [2.45, 2.75) is 0 Å². The van der Waals surface area contributed by atoms with Crippen molar-refractivity contribution in [2.24, 2.45) is 0 Å². The van der Waals surface area contributed by atoms with Crippen LogP contribution in [0.1, 0.15) is 0 Å². The van der Waals surface area contributed by atoms with Crippen LogP contribution < -0.4 is 18.9 Å². The van der Waals surface area contributed by atoms with Gasteiger partial charge in [-0.25, -0.2) is 8.78 Å². The molecule has 1 rings (SSSR count). The van der Waals surface area contributed by atoms with Gasteiger partial charge < -0.3 is 0 Å². The van der Waals surface area contributed by atoms with Gasteiger partial charge in [-0.3, -0.25) is 0 Å². The van der Waals surface area contributed by atoms with E-state index in [1.54, 1.807) is 0 Å². The Morgan fingerprint density at radius 3 is 1.78 bits per heavy atom. The Morgan fingerprint density at radius 1 is 1.11 bits per heavy atom. The normalized spacial score (nSPS) is 8.22. The summed E-state index contributed by atoms with van der Waals surface area (Å²) in [6, 6.07) is 5.41. The minimum atomic E-state index is -0.662. The summed E-state index contributed by atoms with van der Waals surface area (Å²) < 4.78 is 23.7. The number of halogens is 2. The van der Waals surface area contributed by atoms with Gasteiger partial charge in [-0.1, -0.05) is 0 Å². The number of hydrogen-bond acceptors (Lipinski definition) is 0. The van der Waals surface area contributed by atoms with E-state index >= 15 is 0 Å². The van der Waals surface area contributed by atoms with E-state index in [0.717, 1.165) is 12.1 Å². The molecular formula is C6H3F2Li. The summed E-state index contributed by atoms with van der Waals surface area (Å²) in [7, 11) is 0. The van der Waals surface area contributed by atoms with Crippen LogP contribution in [0, 0.1) is 17.7 Å². The fourth-order valence-corrected chi connectivity index (χ4v) is 0.414. The second kappa shape index (κ2) is 3.66. The third-order valence-electron chi connectivity index (χ3n) is 0.724. The molecular weight excluding hydrogens is 117 g/mol. The van der Waals surface area contributed by atoms with Gasteiger partial charge in [0.1, 0.15) is 0 Å². The summed E-state index contributed by atoms with van der Waals surface area (Å²) in [5.74, 6) is -1.32. The van der Waals surface area contributed by atoms with Crippen molar-refractivity contribution in [3.63, 3.8) is 0 Å². The molecule has 0 unspecified atom stereocenters. The average molecular weight is 120 g/mol. The quantitative estimate of drug-likeness (QED) is 0.297. The molecule has 0 saturated heterocycles. The molecule has 0 amide bonds. The fourth-order valence-electron chi connectivity index (χ4n) is 0.414. The van der Waals surface area contributed by atoms with Crippen molar-refractivity contribution >= 4 is 0 Å². The zero-order chi connectivity index (χ0) is 5.98. The van der Waals surface area contributed by atoms with Crippen LogP contribution in [-0.4, -0.2) is 0 Å². The molecule has 0 aromatic heterocycles. The van der Waals surface area contributed by atoms with Crippen LogP contribution in [-0.2, 0) is 0 Å². The Kier molecular flexibility index (Phi) is 3.52. The number of benzene rings is 1. The molecule has 0 aliphatic heterocycles. The van der Waals surface area contributed by atoms with Crippen LogP contribution in [0.4, 0.5) is 8.78 Å². The molecule has 0 N–H and O–H groups in total. The third-order valence-corrected chi connectivity index (χ3v) is 0.724. The molecule has 0 spiro atoms. The van der Waals surface area contributed by atoms with E-state index in [-0.39, 0.29) is 18.9 Å². The second-order valence-electron chi connectivity index (χ2n) is 1.35. The fraction of sp³-hybridized carbons (Fsp3) is 0. The van der Waals surface area contributed by atoms with Crippen LogP contribution in [0.3, 0.4) is 0 Å². The molecule has 1 aromatic rings. The summed E-state index contributed by atoms with van der Waals surface area (Å²) >= 11 is 0. The molecule has 1 aromatic carbocycles. The third kappa shape index (κ3) is 2.64. The van der Waals surface area contributed by atoms with Gasteiger partial charge in [0.05, 0.1) is 0 Å². The summed E-state index contributed by atoms with van der Waals surface area (Å²) in [6.45, 7) is 0. The van der Waals surface area contributed by atoms with Gasteiger partial charge in [0.25, 0.3) is 0 Å². The molecule has 0 aliphatic rings. The molecule has 3 heteroatoms. The first-order chi connectivity index (χ1) is 3.79. The predicted octanol–water partition coefficient (Wildman–Crippen LogP) is -1.23. The molecule has 0 atom stereocenters. The van der Waals surface area contributed by atoms with Gasteiger partial charge >= 0.3 is 18.9 Å². The average Bonchev–Trinajstić information content (AvgIpc) is 1.64. The zero-order valence-corrected chi connectivity index (χ0v) is 4.99. The van der Waals surface area contributed by atoms with Crippen molar-refractivity contribution in [1.82, 2.24) is 0 Å². The Morgan fingerprint density at radius 2 is 1.56 bits per heavy atom. The molecule has 9 heavy (non-hydrogen) atoms. The molecule has 0 saturated carbocycles. The van der Waals surface area contributed by atoms with Crippen molar-refractivity contribution in [3.8, 4) is 0 Å². The maximum absolute atomic E-state index is 11.9. The first-order valence-electron chi connectivity index (χ1n) is 2.12. The Bertz CT molecular complexity index is 171. The van der Waals surface area contributed by atoms with Gasteiger partial charge in [0.15, 0.2) is 0 Å². The van der Waals surface area contributed by atoms with Crippen LogP contribution in [0.25, 0.3) is 0 Å². The second-order valence-corrected chi connectivity index (χ2v) is 1.35. The van der Waals surface area contributed by atoms with E-state index in [1.165, 1.54) is 6.07 Å². The van der Waals surface area contributed by atoms with E-state index in [4.69, 9.17) is 0 Å². The van der Waals surface area contributed by atoms with Crippen LogP contribution in [0.15, 0.2) is 18.2 Å². The van der Waals surface area contributed by atoms with Gasteiger partial charge in [-0.05, 0) is 0 Å². The van der Waals surface area contributed by atoms with Gasteiger partial charge in [-0.15, -0.1) is 18.2 Å². The smallest absolute Gasteiger partial charge is 0.236 e. The SMILES string of the molecule is Fc1[c-]c(F)ccc1.[Li+]. The summed E-state index contributed by atoms with van der Waals surface area (Å²) in [6.07, 6.45) is 0. The molecule has 0 heterocycles. The first kappa shape index (κ1) is 8.68. The largest absolute Gasteiger partial charge is 1.00 e. The molecule has 0 radical (unpaired) electrons. The Hall–Kier alpha value is -0.323. The zero-order valence-electron chi connectivity index (χ0n) is 4.99. The van der Waals surface area contributed by atoms with Crippen molar-refractivity contribution < 1.29 is 27.6 Å². The molecule has 0 aliphatic carbocycles. The van der Waals surface area contributed by atoms with E-state index in [0.29, 0.717) is 0 Å². The van der Waals surface area contributed by atoms with Crippen molar-refractivity contribution in [1.29, 1.82) is 0 Å². The van der Waals surface area contributed by atoms with E-state index in [9.17, 15) is 8.78 Å². The maximum atomic E-state index is 11.9. The van der Waals surface area contributed by atoms with Crippen LogP contribution >= 0.6 is 0 Å². The molecule has 0 fully saturated rings. The summed E-state index contributed by atoms with van der Waals surface area (Å²) in [4.78, 5) is 0. The van der Waals surface area contributed by atoms with Crippen LogP contribution in [0.5, 0.6) is 0 Å². The van der Waals surface area contributed by atoms with Crippen molar-refractivity contribution in [3.05, 3.63) is 35.9 Å². The number of rotatable bonds is 0. The van der Waals surface area contributed by atoms with E-state index in [2.05, 4.69) is 0 Å². The monoisotopic (exact) mass is 120 g/mol. The molecule has 0 bridgehead atoms. The van der Waals surface area contributed by atoms with Crippen molar-refractivity contribution in [2.75, 3.05) is 0 Å². The minimum Gasteiger partial charge on any atom is -0.236 e. The maximum Gasteiger partial charge on any atom is 1.00 e. The van der Waals surface area contributed by atoms with Gasteiger partial charge in [0, 0.05) is 11.6 Å². The van der Waals surface area contributed by atoms with Crippen LogP contribution in [0.2, 0.25) is 0 Å². The van der Waals surface area contributed by atoms with E-state index < -0.39 is 11.6 Å². The van der Waals surface area contributed by atoms with Gasteiger partial charge in [0.2, 0.25) is 0 Å². The predicted molar refractivity (Wildman–Crippen MR) is 25.2 cm³/mol. The summed E-state index contributed by atoms with van der Waals surface area (Å²) in [5.41, 5.74) is 0. The summed E-state index contributed by atoms with van der Waals surface area (Å²) in [5, 5.41) is 0. The molecule has 0 nitrogen and oxygen atoms in total. The first-order valence-corrected chi connectivity index (χ1v) is 2.12. The van der Waals surface area contributed by atoms with E-state index in [1.807, 2.05) is 6.07 Å².